The van der Waals surface area contributed by atoms with Gasteiger partial charge in [0.25, 0.3) is 5.91 Å². The number of urea groups is 1. The summed E-state index contributed by atoms with van der Waals surface area (Å²) in [5.41, 5.74) is 0.317. The molecular weight excluding hydrogens is 442 g/mol. The van der Waals surface area contributed by atoms with E-state index in [0.29, 0.717) is 30.4 Å². The molecule has 0 fully saturated rings. The molecule has 0 saturated carbocycles. The number of carbonyl (C=O) groups excluding carboxylic acids is 3. The molecule has 2 aromatic rings. The number of fused-ring (bicyclic) bond motifs is 1. The van der Waals surface area contributed by atoms with Crippen LogP contribution in [0.5, 0.6) is 11.5 Å². The fourth-order valence-corrected chi connectivity index (χ4v) is 3.60. The number of esters is 1. The molecule has 2 N–H and O–H groups in total. The number of amides is 3. The third-order valence-electron chi connectivity index (χ3n) is 4.24. The minimum Gasteiger partial charge on any atom is -0.486 e. The molecule has 12 heteroatoms. The Morgan fingerprint density at radius 2 is 1.75 bits per heavy atom. The van der Waals surface area contributed by atoms with Crippen LogP contribution < -0.4 is 20.1 Å². The van der Waals surface area contributed by atoms with E-state index >= 15 is 0 Å². The van der Waals surface area contributed by atoms with Gasteiger partial charge in [-0.15, -0.1) is 0 Å². The highest BCUT2D eigenvalue weighted by Crippen LogP contribution is 2.32. The van der Waals surface area contributed by atoms with Crippen LogP contribution in [0.25, 0.3) is 0 Å². The molecule has 170 valence electrons. The van der Waals surface area contributed by atoms with Crippen LogP contribution in [0.4, 0.5) is 10.5 Å². The molecule has 1 aliphatic heterocycles. The Bertz CT molecular complexity index is 1150. The number of nitrogens with one attached hydrogen (secondary N) is 2. The van der Waals surface area contributed by atoms with Gasteiger partial charge < -0.3 is 19.5 Å². The molecule has 32 heavy (non-hydrogen) atoms. The van der Waals surface area contributed by atoms with Crippen molar-refractivity contribution in [3.05, 3.63) is 48.0 Å². The van der Waals surface area contributed by atoms with Crippen LogP contribution in [0.2, 0.25) is 0 Å². The predicted octanol–water partition coefficient (Wildman–Crippen LogP) is 1.21. The third kappa shape index (κ3) is 5.53. The molecule has 0 aromatic heterocycles. The quantitative estimate of drug-likeness (QED) is 0.609. The van der Waals surface area contributed by atoms with Gasteiger partial charge in [0.2, 0.25) is 10.0 Å². The summed E-state index contributed by atoms with van der Waals surface area (Å²) in [5.74, 6) is -0.769. The summed E-state index contributed by atoms with van der Waals surface area (Å²) < 4.78 is 41.0. The first-order valence-corrected chi connectivity index (χ1v) is 10.8. The van der Waals surface area contributed by atoms with Crippen molar-refractivity contribution in [2.45, 2.75) is 4.90 Å². The fourth-order valence-electron chi connectivity index (χ4n) is 2.65. The highest BCUT2D eigenvalue weighted by molar-refractivity contribution is 7.89. The zero-order valence-corrected chi connectivity index (χ0v) is 18.1. The molecular formula is C20H21N3O8S. The standard InChI is InChI=1S/C20H21N3O8S/c1-23(2)32(27,28)15-5-3-4-13(10-15)19(25)31-12-18(24)22-20(26)21-14-6-7-16-17(11-14)30-9-8-29-16/h3-7,10-11H,8-9,12H2,1-2H3,(H2,21,22,24,26). The van der Waals surface area contributed by atoms with Gasteiger partial charge in [-0.25, -0.2) is 22.3 Å². The monoisotopic (exact) mass is 463 g/mol. The van der Waals surface area contributed by atoms with Crippen molar-refractivity contribution in [1.82, 2.24) is 9.62 Å². The van der Waals surface area contributed by atoms with E-state index < -0.39 is 34.5 Å². The summed E-state index contributed by atoms with van der Waals surface area (Å²) >= 11 is 0. The van der Waals surface area contributed by atoms with Gasteiger partial charge in [-0.05, 0) is 30.3 Å². The van der Waals surface area contributed by atoms with E-state index in [1.54, 1.807) is 18.2 Å². The zero-order valence-electron chi connectivity index (χ0n) is 17.3. The number of carbonyl (C=O) groups is 3. The first kappa shape index (κ1) is 23.0. The van der Waals surface area contributed by atoms with E-state index in [1.165, 1.54) is 32.3 Å². The number of hydrogen-bond donors (Lipinski definition) is 2. The summed E-state index contributed by atoms with van der Waals surface area (Å²) in [6.45, 7) is 0.0811. The van der Waals surface area contributed by atoms with Crippen molar-refractivity contribution in [1.29, 1.82) is 0 Å². The molecule has 1 aliphatic rings. The Morgan fingerprint density at radius 3 is 2.47 bits per heavy atom. The fraction of sp³-hybridized carbons (Fsp3) is 0.250. The molecule has 3 rings (SSSR count). The number of rotatable bonds is 6. The van der Waals surface area contributed by atoms with E-state index in [0.717, 1.165) is 10.4 Å². The van der Waals surface area contributed by atoms with Gasteiger partial charge in [0.05, 0.1) is 10.5 Å². The van der Waals surface area contributed by atoms with Crippen LogP contribution in [-0.4, -0.2) is 64.5 Å². The molecule has 0 aliphatic carbocycles. The molecule has 0 saturated heterocycles. The Morgan fingerprint density at radius 1 is 1.03 bits per heavy atom. The molecule has 11 nitrogen and oxygen atoms in total. The normalized spacial score (nSPS) is 12.7. The van der Waals surface area contributed by atoms with Gasteiger partial charge in [0.15, 0.2) is 18.1 Å². The van der Waals surface area contributed by atoms with Crippen molar-refractivity contribution in [3.63, 3.8) is 0 Å². The van der Waals surface area contributed by atoms with Gasteiger partial charge in [-0.1, -0.05) is 6.07 Å². The summed E-state index contributed by atoms with van der Waals surface area (Å²) in [4.78, 5) is 36.0. The highest BCUT2D eigenvalue weighted by atomic mass is 32.2. The first-order valence-electron chi connectivity index (χ1n) is 9.37. The predicted molar refractivity (Wildman–Crippen MR) is 112 cm³/mol. The van der Waals surface area contributed by atoms with Crippen LogP contribution in [0.1, 0.15) is 10.4 Å². The second kappa shape index (κ2) is 9.66. The topological polar surface area (TPSA) is 140 Å². The molecule has 0 spiro atoms. The molecule has 0 unspecified atom stereocenters. The number of nitrogens with zero attached hydrogens (tertiary/aromatic N) is 1. The largest absolute Gasteiger partial charge is 0.486 e. The summed E-state index contributed by atoms with van der Waals surface area (Å²) in [7, 11) is -1.02. The zero-order chi connectivity index (χ0) is 23.3. The average Bonchev–Trinajstić information content (AvgIpc) is 2.77. The number of ether oxygens (including phenoxy) is 3. The maximum atomic E-state index is 12.2. The summed E-state index contributed by atoms with van der Waals surface area (Å²) in [6, 6.07) is 9.13. The SMILES string of the molecule is CN(C)S(=O)(=O)c1cccc(C(=O)OCC(=O)NC(=O)Nc2ccc3c(c2)OCCO3)c1. The summed E-state index contributed by atoms with van der Waals surface area (Å²) in [6.07, 6.45) is 0. The molecule has 2 aromatic carbocycles. The molecule has 0 bridgehead atoms. The van der Waals surface area contributed by atoms with Crippen LogP contribution in [0.15, 0.2) is 47.4 Å². The van der Waals surface area contributed by atoms with Gasteiger partial charge in [0, 0.05) is 25.8 Å². The van der Waals surface area contributed by atoms with Crippen molar-refractivity contribution in [2.75, 3.05) is 39.2 Å². The molecule has 3 amide bonds. The Balaban J connectivity index is 1.52. The van der Waals surface area contributed by atoms with Gasteiger partial charge in [-0.3, -0.25) is 10.1 Å². The van der Waals surface area contributed by atoms with E-state index in [4.69, 9.17) is 14.2 Å². The van der Waals surface area contributed by atoms with E-state index in [1.807, 2.05) is 5.32 Å². The van der Waals surface area contributed by atoms with E-state index in [2.05, 4.69) is 5.32 Å². The van der Waals surface area contributed by atoms with Gasteiger partial charge in [0.1, 0.15) is 13.2 Å². The lowest BCUT2D eigenvalue weighted by Gasteiger charge is -2.19. The molecule has 1 heterocycles. The Hall–Kier alpha value is -3.64. The minimum absolute atomic E-state index is 0.0542. The van der Waals surface area contributed by atoms with Crippen LogP contribution in [0, 0.1) is 0 Å². The second-order valence-corrected chi connectivity index (χ2v) is 8.90. The molecule has 0 radical (unpaired) electrons. The van der Waals surface area contributed by atoms with Crippen molar-refractivity contribution in [3.8, 4) is 11.5 Å². The van der Waals surface area contributed by atoms with Crippen LogP contribution >= 0.6 is 0 Å². The Labute approximate surface area is 184 Å². The van der Waals surface area contributed by atoms with Crippen molar-refractivity contribution >= 4 is 33.6 Å². The lowest BCUT2D eigenvalue weighted by Crippen LogP contribution is -2.37. The number of hydrogen-bond acceptors (Lipinski definition) is 8. The number of imide groups is 1. The van der Waals surface area contributed by atoms with E-state index in [9.17, 15) is 22.8 Å². The number of benzene rings is 2. The van der Waals surface area contributed by atoms with Gasteiger partial charge >= 0.3 is 12.0 Å². The highest BCUT2D eigenvalue weighted by Gasteiger charge is 2.20. The lowest BCUT2D eigenvalue weighted by molar-refractivity contribution is -0.123. The third-order valence-corrected chi connectivity index (χ3v) is 6.05. The second-order valence-electron chi connectivity index (χ2n) is 6.75. The van der Waals surface area contributed by atoms with Crippen LogP contribution in [-0.2, 0) is 19.6 Å². The molecule has 0 atom stereocenters. The number of anilines is 1. The lowest BCUT2D eigenvalue weighted by atomic mass is 10.2. The summed E-state index contributed by atoms with van der Waals surface area (Å²) in [5, 5.41) is 4.48. The maximum absolute atomic E-state index is 12.2. The average molecular weight is 463 g/mol. The maximum Gasteiger partial charge on any atom is 0.338 e. The minimum atomic E-state index is -3.74. The first-order chi connectivity index (χ1) is 15.2. The van der Waals surface area contributed by atoms with Crippen LogP contribution in [0.3, 0.4) is 0 Å². The smallest absolute Gasteiger partial charge is 0.338 e. The van der Waals surface area contributed by atoms with Gasteiger partial charge in [-0.2, -0.15) is 0 Å². The van der Waals surface area contributed by atoms with Crippen molar-refractivity contribution < 1.29 is 37.0 Å². The Kier molecular flexibility index (Phi) is 6.95. The van der Waals surface area contributed by atoms with E-state index in [-0.39, 0.29) is 10.5 Å². The number of sulfonamides is 1. The van der Waals surface area contributed by atoms with Crippen molar-refractivity contribution in [2.24, 2.45) is 0 Å².